The second-order valence-electron chi connectivity index (χ2n) is 5.02. The van der Waals surface area contributed by atoms with Crippen LogP contribution < -0.4 is 5.69 Å². The average molecular weight is 365 g/mol. The van der Waals surface area contributed by atoms with E-state index in [4.69, 9.17) is 0 Å². The quantitative estimate of drug-likeness (QED) is 0.655. The molecule has 2 aromatic heterocycles. The third-order valence-corrected chi connectivity index (χ3v) is 5.22. The summed E-state index contributed by atoms with van der Waals surface area (Å²) in [4.78, 5) is 24.7. The molecule has 0 unspecified atom stereocenters. The van der Waals surface area contributed by atoms with Gasteiger partial charge in [-0.25, -0.2) is 4.79 Å². The van der Waals surface area contributed by atoms with Gasteiger partial charge in [-0.15, -0.1) is 0 Å². The molecule has 0 saturated carbocycles. The fourth-order valence-corrected chi connectivity index (χ4v) is 3.77. The Morgan fingerprint density at radius 2 is 1.71 bits per heavy atom. The first-order chi connectivity index (χ1) is 9.91. The SMILES string of the molecule is Cc1cscc1C(=O)c1cc2c(cc1Br)n(C)c(=O)n2C. The van der Waals surface area contributed by atoms with Gasteiger partial charge >= 0.3 is 5.69 Å². The molecule has 0 aliphatic heterocycles. The molecule has 0 aliphatic rings. The second-order valence-corrected chi connectivity index (χ2v) is 6.62. The van der Waals surface area contributed by atoms with Crippen LogP contribution in [0.2, 0.25) is 0 Å². The van der Waals surface area contributed by atoms with Crippen LogP contribution in [-0.2, 0) is 14.1 Å². The fourth-order valence-electron chi connectivity index (χ4n) is 2.43. The lowest BCUT2D eigenvalue weighted by Crippen LogP contribution is -2.19. The maximum Gasteiger partial charge on any atom is 0.328 e. The molecule has 1 aromatic carbocycles. The first-order valence-corrected chi connectivity index (χ1v) is 8.08. The number of hydrogen-bond acceptors (Lipinski definition) is 3. The summed E-state index contributed by atoms with van der Waals surface area (Å²) in [6, 6.07) is 3.60. The predicted molar refractivity (Wildman–Crippen MR) is 88.3 cm³/mol. The molecule has 0 aliphatic carbocycles. The molecule has 6 heteroatoms. The van der Waals surface area contributed by atoms with Crippen LogP contribution in [0.4, 0.5) is 0 Å². The molecule has 0 radical (unpaired) electrons. The molecule has 0 fully saturated rings. The van der Waals surface area contributed by atoms with Crippen LogP contribution in [0.5, 0.6) is 0 Å². The van der Waals surface area contributed by atoms with Crippen molar-refractivity contribution < 1.29 is 4.79 Å². The molecule has 4 nitrogen and oxygen atoms in total. The summed E-state index contributed by atoms with van der Waals surface area (Å²) in [5.74, 6) is -0.0289. The van der Waals surface area contributed by atoms with Crippen molar-refractivity contribution >= 4 is 44.1 Å². The number of fused-ring (bicyclic) bond motifs is 1. The molecule has 3 rings (SSSR count). The Kier molecular flexibility index (Phi) is 3.37. The van der Waals surface area contributed by atoms with Crippen molar-refractivity contribution in [3.05, 3.63) is 54.5 Å². The number of aromatic nitrogens is 2. The van der Waals surface area contributed by atoms with E-state index in [-0.39, 0.29) is 11.5 Å². The molecular weight excluding hydrogens is 352 g/mol. The highest BCUT2D eigenvalue weighted by molar-refractivity contribution is 9.10. The van der Waals surface area contributed by atoms with Gasteiger partial charge in [-0.2, -0.15) is 11.3 Å². The molecule has 108 valence electrons. The van der Waals surface area contributed by atoms with E-state index in [0.717, 1.165) is 16.6 Å². The van der Waals surface area contributed by atoms with Crippen LogP contribution in [0.3, 0.4) is 0 Å². The summed E-state index contributed by atoms with van der Waals surface area (Å²) in [5, 5.41) is 3.82. The molecule has 0 N–H and O–H groups in total. The Bertz CT molecular complexity index is 933. The molecule has 0 amide bonds. The molecule has 2 heterocycles. The number of thiophene rings is 1. The largest absolute Gasteiger partial charge is 0.328 e. The summed E-state index contributed by atoms with van der Waals surface area (Å²) in [7, 11) is 3.43. The van der Waals surface area contributed by atoms with Crippen molar-refractivity contribution in [2.75, 3.05) is 0 Å². The Morgan fingerprint density at radius 3 is 2.29 bits per heavy atom. The number of ketones is 1. The van der Waals surface area contributed by atoms with Gasteiger partial charge in [0.25, 0.3) is 0 Å². The van der Waals surface area contributed by atoms with Gasteiger partial charge in [0, 0.05) is 35.1 Å². The smallest absolute Gasteiger partial charge is 0.295 e. The Morgan fingerprint density at radius 1 is 1.10 bits per heavy atom. The minimum Gasteiger partial charge on any atom is -0.295 e. The van der Waals surface area contributed by atoms with Gasteiger partial charge in [0.1, 0.15) is 0 Å². The number of hydrogen-bond donors (Lipinski definition) is 0. The summed E-state index contributed by atoms with van der Waals surface area (Å²) in [5.41, 5.74) is 3.70. The predicted octanol–water partition coefficient (Wildman–Crippen LogP) is 3.24. The van der Waals surface area contributed by atoms with Crippen molar-refractivity contribution in [3.63, 3.8) is 0 Å². The number of rotatable bonds is 2. The first kappa shape index (κ1) is 14.3. The maximum absolute atomic E-state index is 12.7. The molecule has 0 bridgehead atoms. The third kappa shape index (κ3) is 2.10. The molecule has 3 aromatic rings. The second kappa shape index (κ2) is 4.96. The van der Waals surface area contributed by atoms with E-state index >= 15 is 0 Å². The average Bonchev–Trinajstić information content (AvgIpc) is 2.97. The lowest BCUT2D eigenvalue weighted by Gasteiger charge is -2.05. The standard InChI is InChI=1S/C15H13BrN2O2S/c1-8-6-21-7-10(8)14(19)9-4-12-13(5-11(9)16)18(3)15(20)17(12)2/h4-7H,1-3H3. The lowest BCUT2D eigenvalue weighted by atomic mass is 10.0. The van der Waals surface area contributed by atoms with E-state index < -0.39 is 0 Å². The topological polar surface area (TPSA) is 44.0 Å². The van der Waals surface area contributed by atoms with Crippen LogP contribution in [0.25, 0.3) is 11.0 Å². The number of nitrogens with zero attached hydrogens (tertiary/aromatic N) is 2. The minimum absolute atomic E-state index is 0.0289. The van der Waals surface area contributed by atoms with Crippen molar-refractivity contribution in [1.29, 1.82) is 0 Å². The van der Waals surface area contributed by atoms with Crippen LogP contribution in [0, 0.1) is 6.92 Å². The monoisotopic (exact) mass is 364 g/mol. The third-order valence-electron chi connectivity index (χ3n) is 3.71. The van der Waals surface area contributed by atoms with Crippen LogP contribution in [0.15, 0.2) is 32.2 Å². The maximum atomic E-state index is 12.7. The van der Waals surface area contributed by atoms with Gasteiger partial charge in [-0.05, 0) is 45.9 Å². The number of halogens is 1. The van der Waals surface area contributed by atoms with Gasteiger partial charge in [-0.3, -0.25) is 13.9 Å². The summed E-state index contributed by atoms with van der Waals surface area (Å²) in [6.45, 7) is 1.93. The number of carbonyl (C=O) groups excluding carboxylic acids is 1. The van der Waals surface area contributed by atoms with Crippen molar-refractivity contribution in [2.24, 2.45) is 14.1 Å². The fraction of sp³-hybridized carbons (Fsp3) is 0.200. The lowest BCUT2D eigenvalue weighted by molar-refractivity contribution is 0.103. The Balaban J connectivity index is 2.27. The van der Waals surface area contributed by atoms with E-state index in [1.165, 1.54) is 11.3 Å². The number of benzene rings is 1. The van der Waals surface area contributed by atoms with Gasteiger partial charge in [-0.1, -0.05) is 0 Å². The van der Waals surface area contributed by atoms with Crippen LogP contribution in [-0.4, -0.2) is 14.9 Å². The van der Waals surface area contributed by atoms with Crippen molar-refractivity contribution in [1.82, 2.24) is 9.13 Å². The number of aryl methyl sites for hydroxylation is 3. The highest BCUT2D eigenvalue weighted by Gasteiger charge is 2.18. The number of imidazole rings is 1. The Hall–Kier alpha value is -1.66. The van der Waals surface area contributed by atoms with Crippen molar-refractivity contribution in [3.8, 4) is 0 Å². The highest BCUT2D eigenvalue weighted by atomic mass is 79.9. The normalized spacial score (nSPS) is 11.2. The minimum atomic E-state index is -0.104. The molecule has 21 heavy (non-hydrogen) atoms. The van der Waals surface area contributed by atoms with E-state index in [0.29, 0.717) is 15.6 Å². The van der Waals surface area contributed by atoms with E-state index in [2.05, 4.69) is 15.9 Å². The van der Waals surface area contributed by atoms with E-state index in [1.54, 1.807) is 29.3 Å². The van der Waals surface area contributed by atoms with Gasteiger partial charge < -0.3 is 0 Å². The molecule has 0 spiro atoms. The summed E-state index contributed by atoms with van der Waals surface area (Å²) >= 11 is 4.97. The zero-order valence-corrected chi connectivity index (χ0v) is 14.2. The highest BCUT2D eigenvalue weighted by Crippen LogP contribution is 2.27. The van der Waals surface area contributed by atoms with Gasteiger partial charge in [0.2, 0.25) is 0 Å². The van der Waals surface area contributed by atoms with Gasteiger partial charge in [0.15, 0.2) is 5.78 Å². The molecule has 0 atom stereocenters. The molecule has 0 saturated heterocycles. The van der Waals surface area contributed by atoms with E-state index in [1.807, 2.05) is 23.8 Å². The van der Waals surface area contributed by atoms with Gasteiger partial charge in [0.05, 0.1) is 11.0 Å². The summed E-state index contributed by atoms with van der Waals surface area (Å²) < 4.78 is 3.83. The van der Waals surface area contributed by atoms with Crippen molar-refractivity contribution in [2.45, 2.75) is 6.92 Å². The number of carbonyl (C=O) groups is 1. The van der Waals surface area contributed by atoms with E-state index in [9.17, 15) is 9.59 Å². The zero-order valence-electron chi connectivity index (χ0n) is 11.8. The first-order valence-electron chi connectivity index (χ1n) is 6.34. The molecular formula is C15H13BrN2O2S. The zero-order chi connectivity index (χ0) is 15.3. The summed E-state index contributed by atoms with van der Waals surface area (Å²) in [6.07, 6.45) is 0. The van der Waals surface area contributed by atoms with Crippen LogP contribution >= 0.6 is 27.3 Å². The van der Waals surface area contributed by atoms with Crippen LogP contribution in [0.1, 0.15) is 21.5 Å². The Labute approximate surface area is 133 Å².